The van der Waals surface area contributed by atoms with Crippen LogP contribution in [0.2, 0.25) is 0 Å². The Labute approximate surface area is 105 Å². The molecule has 1 heterocycles. The van der Waals surface area contributed by atoms with E-state index in [1.807, 2.05) is 11.8 Å². The molecular formula is C13H27NOS. The Bertz CT molecular complexity index is 187. The molecule has 0 radical (unpaired) electrons. The van der Waals surface area contributed by atoms with Gasteiger partial charge in [0.2, 0.25) is 0 Å². The first-order chi connectivity index (χ1) is 7.63. The van der Waals surface area contributed by atoms with Crippen LogP contribution in [0.4, 0.5) is 0 Å². The van der Waals surface area contributed by atoms with E-state index >= 15 is 0 Å². The zero-order valence-corrected chi connectivity index (χ0v) is 12.0. The first kappa shape index (κ1) is 14.3. The van der Waals surface area contributed by atoms with E-state index in [1.54, 1.807) is 0 Å². The summed E-state index contributed by atoms with van der Waals surface area (Å²) in [7, 11) is 0. The van der Waals surface area contributed by atoms with E-state index in [-0.39, 0.29) is 0 Å². The summed E-state index contributed by atoms with van der Waals surface area (Å²) in [4.78, 5) is 0. The third-order valence-corrected chi connectivity index (χ3v) is 4.17. The van der Waals surface area contributed by atoms with Gasteiger partial charge in [0.25, 0.3) is 0 Å². The van der Waals surface area contributed by atoms with Crippen LogP contribution in [0.25, 0.3) is 0 Å². The van der Waals surface area contributed by atoms with Gasteiger partial charge in [-0.3, -0.25) is 0 Å². The lowest BCUT2D eigenvalue weighted by Gasteiger charge is -2.33. The van der Waals surface area contributed by atoms with E-state index in [9.17, 15) is 0 Å². The first-order valence-electron chi connectivity index (χ1n) is 6.47. The van der Waals surface area contributed by atoms with Crippen LogP contribution in [0.5, 0.6) is 0 Å². The van der Waals surface area contributed by atoms with Crippen molar-refractivity contribution in [3.63, 3.8) is 0 Å². The van der Waals surface area contributed by atoms with Crippen molar-refractivity contribution >= 4 is 11.8 Å². The van der Waals surface area contributed by atoms with Crippen LogP contribution in [0.1, 0.15) is 33.6 Å². The number of hydrogen-bond donors (Lipinski definition) is 1. The van der Waals surface area contributed by atoms with E-state index in [4.69, 9.17) is 4.74 Å². The predicted molar refractivity (Wildman–Crippen MR) is 73.1 cm³/mol. The maximum absolute atomic E-state index is 5.78. The summed E-state index contributed by atoms with van der Waals surface area (Å²) in [6.45, 7) is 8.91. The Kier molecular flexibility index (Phi) is 6.78. The minimum absolute atomic E-state index is 0.460. The van der Waals surface area contributed by atoms with E-state index in [0.29, 0.717) is 18.1 Å². The Hall–Kier alpha value is 0.270. The molecule has 0 aromatic heterocycles. The normalized spacial score (nSPS) is 28.3. The standard InChI is InChI=1S/C13H27NOS/c1-10(2)13-7-12(5-6-15-13)14-8-11(3)9-16-4/h10-14H,5-9H2,1-4H3. The molecule has 0 spiro atoms. The Balaban J connectivity index is 2.21. The van der Waals surface area contributed by atoms with E-state index in [1.165, 1.54) is 18.6 Å². The molecule has 0 aromatic rings. The van der Waals surface area contributed by atoms with Crippen molar-refractivity contribution in [2.24, 2.45) is 11.8 Å². The summed E-state index contributed by atoms with van der Waals surface area (Å²) < 4.78 is 5.78. The molecular weight excluding hydrogens is 218 g/mol. The van der Waals surface area contributed by atoms with Crippen LogP contribution in [0.15, 0.2) is 0 Å². The fourth-order valence-electron chi connectivity index (χ4n) is 2.19. The molecule has 0 saturated carbocycles. The quantitative estimate of drug-likeness (QED) is 0.777. The molecule has 0 bridgehead atoms. The molecule has 3 atom stereocenters. The van der Waals surface area contributed by atoms with Crippen molar-refractivity contribution < 1.29 is 4.74 Å². The minimum Gasteiger partial charge on any atom is -0.378 e. The van der Waals surface area contributed by atoms with Crippen molar-refractivity contribution in [1.29, 1.82) is 0 Å². The summed E-state index contributed by atoms with van der Waals surface area (Å²) in [6.07, 6.45) is 5.00. The zero-order valence-electron chi connectivity index (χ0n) is 11.2. The summed E-state index contributed by atoms with van der Waals surface area (Å²) in [5.41, 5.74) is 0. The van der Waals surface area contributed by atoms with Crippen LogP contribution < -0.4 is 5.32 Å². The summed E-state index contributed by atoms with van der Waals surface area (Å²) in [5, 5.41) is 3.70. The molecule has 1 rings (SSSR count). The smallest absolute Gasteiger partial charge is 0.0612 e. The molecule has 1 N–H and O–H groups in total. The van der Waals surface area contributed by atoms with Gasteiger partial charge < -0.3 is 10.1 Å². The fourth-order valence-corrected chi connectivity index (χ4v) is 2.88. The van der Waals surface area contributed by atoms with Crippen molar-refractivity contribution in [2.45, 2.75) is 45.8 Å². The van der Waals surface area contributed by atoms with Gasteiger partial charge in [0.15, 0.2) is 0 Å². The van der Waals surface area contributed by atoms with E-state index in [0.717, 1.165) is 19.1 Å². The van der Waals surface area contributed by atoms with Crippen molar-refractivity contribution in [3.05, 3.63) is 0 Å². The Morgan fingerprint density at radius 3 is 2.75 bits per heavy atom. The van der Waals surface area contributed by atoms with Crippen molar-refractivity contribution in [3.8, 4) is 0 Å². The lowest BCUT2D eigenvalue weighted by Crippen LogP contribution is -2.42. The third kappa shape index (κ3) is 5.07. The van der Waals surface area contributed by atoms with Gasteiger partial charge in [-0.1, -0.05) is 20.8 Å². The highest BCUT2D eigenvalue weighted by Gasteiger charge is 2.24. The molecule has 3 heteroatoms. The van der Waals surface area contributed by atoms with E-state index < -0.39 is 0 Å². The molecule has 16 heavy (non-hydrogen) atoms. The molecule has 0 amide bonds. The van der Waals surface area contributed by atoms with E-state index in [2.05, 4.69) is 32.3 Å². The van der Waals surface area contributed by atoms with Gasteiger partial charge in [0.1, 0.15) is 0 Å². The number of ether oxygens (including phenoxy) is 1. The van der Waals surface area contributed by atoms with Gasteiger partial charge in [0.05, 0.1) is 6.10 Å². The molecule has 1 fully saturated rings. The van der Waals surface area contributed by atoms with Gasteiger partial charge in [0, 0.05) is 12.6 Å². The summed E-state index contributed by atoms with van der Waals surface area (Å²) >= 11 is 1.94. The maximum atomic E-state index is 5.78. The highest BCUT2D eigenvalue weighted by Crippen LogP contribution is 2.20. The molecule has 1 aliphatic heterocycles. The zero-order chi connectivity index (χ0) is 12.0. The van der Waals surface area contributed by atoms with Gasteiger partial charge in [-0.05, 0) is 43.2 Å². The molecule has 0 aliphatic carbocycles. The first-order valence-corrected chi connectivity index (χ1v) is 7.86. The van der Waals surface area contributed by atoms with Gasteiger partial charge in [-0.25, -0.2) is 0 Å². The largest absolute Gasteiger partial charge is 0.378 e. The van der Waals surface area contributed by atoms with Crippen LogP contribution in [-0.2, 0) is 4.74 Å². The molecule has 0 aromatic carbocycles. The average molecular weight is 245 g/mol. The minimum atomic E-state index is 0.460. The van der Waals surface area contributed by atoms with Crippen LogP contribution in [0, 0.1) is 11.8 Å². The molecule has 3 unspecified atom stereocenters. The number of nitrogens with one attached hydrogen (secondary N) is 1. The summed E-state index contributed by atoms with van der Waals surface area (Å²) in [6, 6.07) is 0.672. The second kappa shape index (κ2) is 7.57. The van der Waals surface area contributed by atoms with Crippen LogP contribution >= 0.6 is 11.8 Å². The summed E-state index contributed by atoms with van der Waals surface area (Å²) in [5.74, 6) is 2.67. The van der Waals surface area contributed by atoms with Gasteiger partial charge >= 0.3 is 0 Å². The SMILES string of the molecule is CSCC(C)CNC1CCOC(C(C)C)C1. The second-order valence-corrected chi connectivity index (χ2v) is 6.25. The van der Waals surface area contributed by atoms with Crippen molar-refractivity contribution in [1.82, 2.24) is 5.32 Å². The van der Waals surface area contributed by atoms with Crippen LogP contribution in [0.3, 0.4) is 0 Å². The topological polar surface area (TPSA) is 21.3 Å². The molecule has 96 valence electrons. The van der Waals surface area contributed by atoms with Crippen LogP contribution in [-0.4, -0.2) is 37.3 Å². The fraction of sp³-hybridized carbons (Fsp3) is 1.00. The lowest BCUT2D eigenvalue weighted by atomic mass is 9.95. The Morgan fingerprint density at radius 2 is 2.12 bits per heavy atom. The molecule has 2 nitrogen and oxygen atoms in total. The number of hydrogen-bond acceptors (Lipinski definition) is 3. The third-order valence-electron chi connectivity index (χ3n) is 3.26. The van der Waals surface area contributed by atoms with Crippen molar-refractivity contribution in [2.75, 3.05) is 25.2 Å². The maximum Gasteiger partial charge on any atom is 0.0612 e. The number of thioether (sulfide) groups is 1. The highest BCUT2D eigenvalue weighted by atomic mass is 32.2. The van der Waals surface area contributed by atoms with Gasteiger partial charge in [-0.15, -0.1) is 0 Å². The van der Waals surface area contributed by atoms with Gasteiger partial charge in [-0.2, -0.15) is 11.8 Å². The number of rotatable bonds is 6. The molecule has 1 saturated heterocycles. The highest BCUT2D eigenvalue weighted by molar-refractivity contribution is 7.98. The molecule has 1 aliphatic rings. The predicted octanol–water partition coefficient (Wildman–Crippen LogP) is 2.78. The monoisotopic (exact) mass is 245 g/mol. The second-order valence-electron chi connectivity index (χ2n) is 5.34. The lowest BCUT2D eigenvalue weighted by molar-refractivity contribution is -0.0245. The average Bonchev–Trinajstić information content (AvgIpc) is 2.27. The Morgan fingerprint density at radius 1 is 1.38 bits per heavy atom.